The normalized spacial score (nSPS) is 10.4. The number of hydrazine groups is 1. The maximum atomic E-state index is 5.99. The van der Waals surface area contributed by atoms with E-state index in [1.165, 1.54) is 0 Å². The molecule has 0 aliphatic heterocycles. The number of benzene rings is 3. The average molecular weight is 378 g/mol. The fourth-order valence-electron chi connectivity index (χ4n) is 2.74. The Morgan fingerprint density at radius 1 is 0.786 bits per heavy atom. The number of methoxy groups -OCH3 is 1. The smallest absolute Gasteiger partial charge is 0.161 e. The largest absolute Gasteiger partial charge is 0.497 e. The van der Waals surface area contributed by atoms with Crippen molar-refractivity contribution in [3.8, 4) is 17.2 Å². The molecule has 0 unspecified atom stereocenters. The maximum Gasteiger partial charge on any atom is 0.161 e. The molecule has 0 aliphatic carbocycles. The first-order valence-corrected chi connectivity index (χ1v) is 9.34. The number of hydrogen-bond donors (Lipinski definition) is 2. The predicted molar refractivity (Wildman–Crippen MR) is 112 cm³/mol. The van der Waals surface area contributed by atoms with Crippen LogP contribution in [-0.4, -0.2) is 13.7 Å². The molecule has 0 radical (unpaired) electrons. The summed E-state index contributed by atoms with van der Waals surface area (Å²) in [6.07, 6.45) is 0. The Morgan fingerprint density at radius 2 is 1.64 bits per heavy atom. The molecule has 0 saturated carbocycles. The van der Waals surface area contributed by atoms with E-state index in [9.17, 15) is 0 Å². The van der Waals surface area contributed by atoms with Gasteiger partial charge in [-0.2, -0.15) is 0 Å². The molecule has 3 rings (SSSR count). The van der Waals surface area contributed by atoms with E-state index in [1.807, 2.05) is 79.7 Å². The van der Waals surface area contributed by atoms with Crippen LogP contribution in [0.5, 0.6) is 17.2 Å². The number of ether oxygens (including phenoxy) is 3. The van der Waals surface area contributed by atoms with Crippen LogP contribution in [-0.2, 0) is 13.2 Å². The molecule has 0 aliphatic rings. The summed E-state index contributed by atoms with van der Waals surface area (Å²) in [6.45, 7) is 3.65. The standard InChI is InChI=1S/C23H26N2O3/c1-3-27-23-15-18(16-24-25-20-9-5-4-6-10-20)12-13-22(23)28-17-19-8-7-11-21(14-19)26-2/h4-15,24-25H,3,16-17H2,1-2H3. The summed E-state index contributed by atoms with van der Waals surface area (Å²) in [7, 11) is 1.66. The summed E-state index contributed by atoms with van der Waals surface area (Å²) in [5, 5.41) is 0. The van der Waals surface area contributed by atoms with Crippen molar-refractivity contribution in [3.05, 3.63) is 83.9 Å². The molecule has 0 heterocycles. The van der Waals surface area contributed by atoms with E-state index in [2.05, 4.69) is 10.9 Å². The highest BCUT2D eigenvalue weighted by atomic mass is 16.5. The van der Waals surface area contributed by atoms with Crippen LogP contribution in [0.2, 0.25) is 0 Å². The van der Waals surface area contributed by atoms with Crippen molar-refractivity contribution >= 4 is 5.69 Å². The van der Waals surface area contributed by atoms with Crippen LogP contribution in [0.4, 0.5) is 5.69 Å². The topological polar surface area (TPSA) is 51.8 Å². The molecule has 3 aromatic carbocycles. The van der Waals surface area contributed by atoms with Gasteiger partial charge in [0.15, 0.2) is 11.5 Å². The SMILES string of the molecule is CCOc1cc(CNNc2ccccc2)ccc1OCc1cccc(OC)c1. The monoisotopic (exact) mass is 378 g/mol. The third-order valence-corrected chi connectivity index (χ3v) is 4.14. The number of anilines is 1. The summed E-state index contributed by atoms with van der Waals surface area (Å²) in [5.41, 5.74) is 9.56. The van der Waals surface area contributed by atoms with Crippen LogP contribution in [0.1, 0.15) is 18.1 Å². The molecule has 5 nitrogen and oxygen atoms in total. The van der Waals surface area contributed by atoms with Crippen LogP contribution in [0, 0.1) is 0 Å². The van der Waals surface area contributed by atoms with Gasteiger partial charge in [-0.25, -0.2) is 5.43 Å². The van der Waals surface area contributed by atoms with Crippen LogP contribution in [0.25, 0.3) is 0 Å². The number of para-hydroxylation sites is 1. The molecule has 0 atom stereocenters. The Hall–Kier alpha value is -3.18. The number of rotatable bonds is 10. The minimum Gasteiger partial charge on any atom is -0.497 e. The molecule has 146 valence electrons. The number of nitrogens with one attached hydrogen (secondary N) is 2. The van der Waals surface area contributed by atoms with E-state index in [1.54, 1.807) is 7.11 Å². The van der Waals surface area contributed by atoms with Gasteiger partial charge in [0.05, 0.1) is 13.7 Å². The lowest BCUT2D eigenvalue weighted by atomic mass is 10.2. The van der Waals surface area contributed by atoms with Crippen LogP contribution >= 0.6 is 0 Å². The van der Waals surface area contributed by atoms with Gasteiger partial charge in [0, 0.05) is 12.2 Å². The Bertz CT molecular complexity index is 869. The van der Waals surface area contributed by atoms with Crippen LogP contribution < -0.4 is 25.1 Å². The van der Waals surface area contributed by atoms with Gasteiger partial charge in [0.1, 0.15) is 12.4 Å². The molecular formula is C23H26N2O3. The van der Waals surface area contributed by atoms with Crippen molar-refractivity contribution in [1.29, 1.82) is 0 Å². The van der Waals surface area contributed by atoms with Gasteiger partial charge in [0.2, 0.25) is 0 Å². The minimum absolute atomic E-state index is 0.449. The predicted octanol–water partition coefficient (Wildman–Crippen LogP) is 4.79. The van der Waals surface area contributed by atoms with Crippen molar-refractivity contribution in [3.63, 3.8) is 0 Å². The van der Waals surface area contributed by atoms with E-state index in [-0.39, 0.29) is 0 Å². The Kier molecular flexibility index (Phi) is 7.15. The molecule has 0 bridgehead atoms. The van der Waals surface area contributed by atoms with Gasteiger partial charge in [0.25, 0.3) is 0 Å². The lowest BCUT2D eigenvalue weighted by molar-refractivity contribution is 0.268. The lowest BCUT2D eigenvalue weighted by Gasteiger charge is -2.14. The third-order valence-electron chi connectivity index (χ3n) is 4.14. The first-order valence-electron chi connectivity index (χ1n) is 9.34. The van der Waals surface area contributed by atoms with E-state index in [0.717, 1.165) is 34.1 Å². The van der Waals surface area contributed by atoms with Gasteiger partial charge >= 0.3 is 0 Å². The summed E-state index contributed by atoms with van der Waals surface area (Å²) < 4.78 is 17.0. The second kappa shape index (κ2) is 10.2. The summed E-state index contributed by atoms with van der Waals surface area (Å²) in [4.78, 5) is 0. The minimum atomic E-state index is 0.449. The quantitative estimate of drug-likeness (QED) is 0.497. The second-order valence-corrected chi connectivity index (χ2v) is 6.20. The van der Waals surface area contributed by atoms with Gasteiger partial charge in [-0.3, -0.25) is 0 Å². The van der Waals surface area contributed by atoms with Gasteiger partial charge in [-0.15, -0.1) is 0 Å². The average Bonchev–Trinajstić information content (AvgIpc) is 2.74. The van der Waals surface area contributed by atoms with Crippen molar-refractivity contribution in [2.24, 2.45) is 0 Å². The highest BCUT2D eigenvalue weighted by Crippen LogP contribution is 2.29. The highest BCUT2D eigenvalue weighted by molar-refractivity contribution is 5.44. The zero-order valence-corrected chi connectivity index (χ0v) is 16.3. The molecule has 2 N–H and O–H groups in total. The maximum absolute atomic E-state index is 5.99. The molecule has 28 heavy (non-hydrogen) atoms. The fourth-order valence-corrected chi connectivity index (χ4v) is 2.74. The second-order valence-electron chi connectivity index (χ2n) is 6.20. The van der Waals surface area contributed by atoms with E-state index in [0.29, 0.717) is 19.8 Å². The fraction of sp³-hybridized carbons (Fsp3) is 0.217. The lowest BCUT2D eigenvalue weighted by Crippen LogP contribution is -2.20. The summed E-state index contributed by atoms with van der Waals surface area (Å²) in [6, 6.07) is 23.8. The molecule has 0 fully saturated rings. The third kappa shape index (κ3) is 5.66. The zero-order chi connectivity index (χ0) is 19.6. The molecule has 0 amide bonds. The Labute approximate surface area is 166 Å². The van der Waals surface area contributed by atoms with Gasteiger partial charge < -0.3 is 19.6 Å². The molecule has 5 heteroatoms. The van der Waals surface area contributed by atoms with Gasteiger partial charge in [-0.1, -0.05) is 36.4 Å². The molecule has 0 saturated heterocycles. The van der Waals surface area contributed by atoms with E-state index in [4.69, 9.17) is 14.2 Å². The Morgan fingerprint density at radius 3 is 2.43 bits per heavy atom. The van der Waals surface area contributed by atoms with Crippen molar-refractivity contribution in [1.82, 2.24) is 5.43 Å². The summed E-state index contributed by atoms with van der Waals surface area (Å²) >= 11 is 0. The molecule has 3 aromatic rings. The zero-order valence-electron chi connectivity index (χ0n) is 16.3. The highest BCUT2D eigenvalue weighted by Gasteiger charge is 2.08. The molecule has 0 aromatic heterocycles. The summed E-state index contributed by atoms with van der Waals surface area (Å²) in [5.74, 6) is 2.28. The van der Waals surface area contributed by atoms with Crippen molar-refractivity contribution < 1.29 is 14.2 Å². The molecular weight excluding hydrogens is 352 g/mol. The molecule has 0 spiro atoms. The van der Waals surface area contributed by atoms with E-state index < -0.39 is 0 Å². The first-order chi connectivity index (χ1) is 13.8. The van der Waals surface area contributed by atoms with Crippen molar-refractivity contribution in [2.45, 2.75) is 20.1 Å². The first kappa shape index (κ1) is 19.6. The van der Waals surface area contributed by atoms with E-state index >= 15 is 0 Å². The van der Waals surface area contributed by atoms with Crippen molar-refractivity contribution in [2.75, 3.05) is 19.1 Å². The van der Waals surface area contributed by atoms with Gasteiger partial charge in [-0.05, 0) is 54.4 Å². The number of hydrogen-bond acceptors (Lipinski definition) is 5. The van der Waals surface area contributed by atoms with Crippen LogP contribution in [0.15, 0.2) is 72.8 Å². The Balaban J connectivity index is 1.61. The van der Waals surface area contributed by atoms with Crippen LogP contribution in [0.3, 0.4) is 0 Å².